The minimum atomic E-state index is -3.56. The monoisotopic (exact) mass is 413 g/mol. The van der Waals surface area contributed by atoms with E-state index in [9.17, 15) is 17.2 Å². The smallest absolute Gasteiger partial charge is 0.223 e. The first-order chi connectivity index (χ1) is 12.6. The number of anilines is 1. The van der Waals surface area contributed by atoms with Gasteiger partial charge in [0, 0.05) is 6.26 Å². The lowest BCUT2D eigenvalue weighted by Gasteiger charge is -2.17. The number of sulfone groups is 1. The number of aryl methyl sites for hydroxylation is 1. The molecule has 0 fully saturated rings. The first kappa shape index (κ1) is 19.2. The molecule has 0 radical (unpaired) electrons. The van der Waals surface area contributed by atoms with Gasteiger partial charge < -0.3 is 10.3 Å². The number of rotatable bonds is 5. The summed E-state index contributed by atoms with van der Waals surface area (Å²) in [6.07, 6.45) is 2.99. The zero-order valence-corrected chi connectivity index (χ0v) is 15.7. The predicted molar refractivity (Wildman–Crippen MR) is 95.3 cm³/mol. The standard InChI is InChI=1S/C16H14ClF2N5O2S/c1-8-15(27(2,25)26)24-14(22-8)13(9-3-4-12(19)11(17)5-9)23-16-20-6-10(18)7-21-16/h3-7,13H,1-2H3,(H,22,24)(H,20,21,23). The third kappa shape index (κ3) is 4.22. The van der Waals surface area contributed by atoms with Gasteiger partial charge in [-0.1, -0.05) is 17.7 Å². The molecule has 0 bridgehead atoms. The van der Waals surface area contributed by atoms with Crippen molar-refractivity contribution in [3.05, 3.63) is 64.3 Å². The summed E-state index contributed by atoms with van der Waals surface area (Å²) in [5.41, 5.74) is 0.815. The lowest BCUT2D eigenvalue weighted by Crippen LogP contribution is -2.16. The van der Waals surface area contributed by atoms with Crippen molar-refractivity contribution in [2.45, 2.75) is 18.0 Å². The third-order valence-electron chi connectivity index (χ3n) is 3.65. The molecule has 1 aromatic carbocycles. The molecule has 3 rings (SSSR count). The quantitative estimate of drug-likeness (QED) is 0.666. The van der Waals surface area contributed by atoms with Crippen molar-refractivity contribution in [2.24, 2.45) is 0 Å². The van der Waals surface area contributed by atoms with E-state index < -0.39 is 27.5 Å². The Bertz CT molecular complexity index is 1090. The topological polar surface area (TPSA) is 101 Å². The number of aromatic nitrogens is 4. The van der Waals surface area contributed by atoms with Crippen LogP contribution < -0.4 is 5.32 Å². The Balaban J connectivity index is 2.09. The van der Waals surface area contributed by atoms with Crippen LogP contribution in [-0.2, 0) is 9.84 Å². The number of nitrogens with one attached hydrogen (secondary N) is 2. The van der Waals surface area contributed by atoms with Crippen molar-refractivity contribution >= 4 is 27.4 Å². The minimum Gasteiger partial charge on any atom is -0.343 e. The Kier molecular flexibility index (Phi) is 5.11. The molecule has 0 saturated carbocycles. The van der Waals surface area contributed by atoms with E-state index >= 15 is 0 Å². The van der Waals surface area contributed by atoms with Gasteiger partial charge in [-0.25, -0.2) is 32.2 Å². The molecule has 0 aliphatic carbocycles. The maximum atomic E-state index is 13.5. The first-order valence-corrected chi connectivity index (χ1v) is 9.87. The Hall–Kier alpha value is -2.59. The van der Waals surface area contributed by atoms with Crippen LogP contribution in [0.4, 0.5) is 14.7 Å². The highest BCUT2D eigenvalue weighted by molar-refractivity contribution is 7.90. The van der Waals surface area contributed by atoms with E-state index in [0.29, 0.717) is 11.3 Å². The Morgan fingerprint density at radius 3 is 2.44 bits per heavy atom. The number of halogens is 3. The van der Waals surface area contributed by atoms with Gasteiger partial charge in [-0.2, -0.15) is 0 Å². The molecule has 0 saturated heterocycles. The summed E-state index contributed by atoms with van der Waals surface area (Å²) in [5.74, 6) is -0.930. The summed E-state index contributed by atoms with van der Waals surface area (Å²) in [6.45, 7) is 1.57. The van der Waals surface area contributed by atoms with Gasteiger partial charge in [0.2, 0.25) is 5.95 Å². The van der Waals surface area contributed by atoms with Crippen LogP contribution in [-0.4, -0.2) is 34.6 Å². The molecule has 11 heteroatoms. The van der Waals surface area contributed by atoms with Gasteiger partial charge in [0.25, 0.3) is 0 Å². The zero-order valence-electron chi connectivity index (χ0n) is 14.2. The van der Waals surface area contributed by atoms with Gasteiger partial charge in [0.15, 0.2) is 20.7 Å². The summed E-state index contributed by atoms with van der Waals surface area (Å²) >= 11 is 5.87. The van der Waals surface area contributed by atoms with Crippen molar-refractivity contribution in [3.8, 4) is 0 Å². The van der Waals surface area contributed by atoms with Gasteiger partial charge in [0.1, 0.15) is 17.7 Å². The molecule has 2 N–H and O–H groups in total. The molecule has 2 heterocycles. The van der Waals surface area contributed by atoms with E-state index in [1.54, 1.807) is 6.92 Å². The maximum absolute atomic E-state index is 13.5. The van der Waals surface area contributed by atoms with Gasteiger partial charge >= 0.3 is 0 Å². The van der Waals surface area contributed by atoms with Crippen molar-refractivity contribution < 1.29 is 17.2 Å². The van der Waals surface area contributed by atoms with Gasteiger partial charge in [-0.15, -0.1) is 0 Å². The second-order valence-corrected chi connectivity index (χ2v) is 8.14. The molecule has 3 aromatic rings. The summed E-state index contributed by atoms with van der Waals surface area (Å²) in [6, 6.07) is 3.21. The van der Waals surface area contributed by atoms with Crippen LogP contribution in [0.25, 0.3) is 0 Å². The molecule has 0 amide bonds. The third-order valence-corrected chi connectivity index (χ3v) is 5.04. The SMILES string of the molecule is Cc1[nH]c(C(Nc2ncc(F)cn2)c2ccc(F)c(Cl)c2)nc1S(C)(=O)=O. The molecule has 0 aliphatic heterocycles. The van der Waals surface area contributed by atoms with Crippen LogP contribution in [0.2, 0.25) is 5.02 Å². The molecule has 7 nitrogen and oxygen atoms in total. The lowest BCUT2D eigenvalue weighted by molar-refractivity contribution is 0.597. The zero-order chi connectivity index (χ0) is 19.8. The number of aromatic amines is 1. The Morgan fingerprint density at radius 1 is 1.22 bits per heavy atom. The van der Waals surface area contributed by atoms with E-state index in [-0.39, 0.29) is 21.8 Å². The molecule has 1 atom stereocenters. The summed E-state index contributed by atoms with van der Waals surface area (Å²) < 4.78 is 50.4. The van der Waals surface area contributed by atoms with Crippen LogP contribution >= 0.6 is 11.6 Å². The van der Waals surface area contributed by atoms with Crippen molar-refractivity contribution in [1.82, 2.24) is 19.9 Å². The molecule has 27 heavy (non-hydrogen) atoms. The first-order valence-electron chi connectivity index (χ1n) is 7.60. The number of benzene rings is 1. The highest BCUT2D eigenvalue weighted by atomic mass is 35.5. The maximum Gasteiger partial charge on any atom is 0.223 e. The molecule has 0 spiro atoms. The number of nitrogens with zero attached hydrogens (tertiary/aromatic N) is 3. The number of hydrogen-bond donors (Lipinski definition) is 2. The van der Waals surface area contributed by atoms with Crippen molar-refractivity contribution in [3.63, 3.8) is 0 Å². The highest BCUT2D eigenvalue weighted by Crippen LogP contribution is 2.28. The molecule has 0 aliphatic rings. The van der Waals surface area contributed by atoms with E-state index in [2.05, 4.69) is 25.3 Å². The van der Waals surface area contributed by atoms with Crippen molar-refractivity contribution in [2.75, 3.05) is 11.6 Å². The summed E-state index contributed by atoms with van der Waals surface area (Å²) in [4.78, 5) is 14.7. The fourth-order valence-electron chi connectivity index (χ4n) is 2.48. The second kappa shape index (κ2) is 7.20. The summed E-state index contributed by atoms with van der Waals surface area (Å²) in [5, 5.41) is 2.69. The van der Waals surface area contributed by atoms with Crippen LogP contribution in [0, 0.1) is 18.6 Å². The number of hydrogen-bond acceptors (Lipinski definition) is 6. The van der Waals surface area contributed by atoms with Gasteiger partial charge in [0.05, 0.1) is 23.1 Å². The molecule has 2 aromatic heterocycles. The largest absolute Gasteiger partial charge is 0.343 e. The number of H-pyrrole nitrogens is 1. The minimum absolute atomic E-state index is 0.0665. The number of imidazole rings is 1. The highest BCUT2D eigenvalue weighted by Gasteiger charge is 2.24. The Morgan fingerprint density at radius 2 is 1.89 bits per heavy atom. The van der Waals surface area contributed by atoms with E-state index in [0.717, 1.165) is 18.6 Å². The van der Waals surface area contributed by atoms with Gasteiger partial charge in [-0.05, 0) is 24.6 Å². The average Bonchev–Trinajstić information content (AvgIpc) is 2.99. The van der Waals surface area contributed by atoms with E-state index in [1.165, 1.54) is 18.2 Å². The van der Waals surface area contributed by atoms with Crippen molar-refractivity contribution in [1.29, 1.82) is 0 Å². The Labute approximate surface area is 158 Å². The fraction of sp³-hybridized carbons (Fsp3) is 0.188. The lowest BCUT2D eigenvalue weighted by atomic mass is 10.1. The molecule has 1 unspecified atom stereocenters. The van der Waals surface area contributed by atoms with Crippen LogP contribution in [0.1, 0.15) is 23.1 Å². The van der Waals surface area contributed by atoms with Gasteiger partial charge in [-0.3, -0.25) is 0 Å². The second-order valence-electron chi connectivity index (χ2n) is 5.80. The molecule has 142 valence electrons. The normalized spacial score (nSPS) is 12.8. The fourth-order valence-corrected chi connectivity index (χ4v) is 3.54. The summed E-state index contributed by atoms with van der Waals surface area (Å²) in [7, 11) is -3.56. The molecular weight excluding hydrogens is 400 g/mol. The van der Waals surface area contributed by atoms with Crippen LogP contribution in [0.3, 0.4) is 0 Å². The van der Waals surface area contributed by atoms with E-state index in [1.807, 2.05) is 0 Å². The van der Waals surface area contributed by atoms with Crippen LogP contribution in [0.5, 0.6) is 0 Å². The van der Waals surface area contributed by atoms with E-state index in [4.69, 9.17) is 11.6 Å². The predicted octanol–water partition coefficient (Wildman–Crippen LogP) is 3.04. The molecular formula is C16H14ClF2N5O2S. The average molecular weight is 414 g/mol. The van der Waals surface area contributed by atoms with Crippen LogP contribution in [0.15, 0.2) is 35.6 Å².